The van der Waals surface area contributed by atoms with E-state index in [0.717, 1.165) is 36.0 Å². The van der Waals surface area contributed by atoms with Gasteiger partial charge in [0, 0.05) is 31.5 Å². The van der Waals surface area contributed by atoms with Gasteiger partial charge in [-0.2, -0.15) is 0 Å². The summed E-state index contributed by atoms with van der Waals surface area (Å²) in [6.45, 7) is 5.24. The van der Waals surface area contributed by atoms with Gasteiger partial charge in [-0.3, -0.25) is 14.7 Å². The molecule has 0 radical (unpaired) electrons. The van der Waals surface area contributed by atoms with Gasteiger partial charge in [-0.05, 0) is 61.7 Å². The van der Waals surface area contributed by atoms with Gasteiger partial charge in [-0.25, -0.2) is 27.2 Å². The van der Waals surface area contributed by atoms with Crippen LogP contribution in [0, 0.1) is 35.1 Å². The molecule has 1 N–H and O–H groups in total. The minimum atomic E-state index is -0.966. The van der Waals surface area contributed by atoms with Crippen LogP contribution in [-0.2, 0) is 20.9 Å². The highest BCUT2D eigenvalue weighted by atomic mass is 19.1. The molecule has 0 spiro atoms. The molecule has 3 aromatic carbocycles. The van der Waals surface area contributed by atoms with Crippen LogP contribution in [0.4, 0.5) is 32.8 Å². The molecule has 9 nitrogen and oxygen atoms in total. The van der Waals surface area contributed by atoms with E-state index in [1.807, 2.05) is 6.07 Å². The van der Waals surface area contributed by atoms with Crippen LogP contribution in [0.25, 0.3) is 0 Å². The van der Waals surface area contributed by atoms with E-state index in [1.54, 1.807) is 45.0 Å². The Hall–Kier alpha value is -5.90. The van der Waals surface area contributed by atoms with Crippen LogP contribution >= 0.6 is 0 Å². The maximum atomic E-state index is 15.3. The first-order valence-corrected chi connectivity index (χ1v) is 16.4. The van der Waals surface area contributed by atoms with Gasteiger partial charge in [0.15, 0.2) is 5.82 Å². The third kappa shape index (κ3) is 10.1. The van der Waals surface area contributed by atoms with Crippen LogP contribution in [0.3, 0.4) is 0 Å². The first-order valence-electron chi connectivity index (χ1n) is 16.4. The van der Waals surface area contributed by atoms with Gasteiger partial charge < -0.3 is 19.7 Å². The highest BCUT2D eigenvalue weighted by Gasteiger charge is 2.34. The largest absolute Gasteiger partial charge is 0.445 e. The van der Waals surface area contributed by atoms with Crippen molar-refractivity contribution in [2.24, 2.45) is 0 Å². The van der Waals surface area contributed by atoms with Gasteiger partial charge in [0.2, 0.25) is 5.91 Å². The van der Waals surface area contributed by atoms with Crippen molar-refractivity contribution < 1.29 is 41.4 Å². The molecule has 4 aromatic rings. The zero-order valence-electron chi connectivity index (χ0n) is 28.7. The molecule has 1 aliphatic rings. The van der Waals surface area contributed by atoms with Gasteiger partial charge in [0.25, 0.3) is 0 Å². The fourth-order valence-corrected chi connectivity index (χ4v) is 5.52. The molecule has 0 aliphatic carbocycles. The summed E-state index contributed by atoms with van der Waals surface area (Å²) in [6, 6.07) is 16.0. The second-order valence-electron chi connectivity index (χ2n) is 13.0. The summed E-state index contributed by atoms with van der Waals surface area (Å²) < 4.78 is 68.5. The number of rotatable bonds is 7. The Morgan fingerprint density at radius 2 is 1.58 bits per heavy atom. The minimum absolute atomic E-state index is 0.0115. The second kappa shape index (κ2) is 16.4. The zero-order valence-corrected chi connectivity index (χ0v) is 28.7. The molecular formula is C39H36F4N4O5. The molecule has 2 atom stereocenters. The maximum Gasteiger partial charge on any atom is 0.411 e. The number of benzene rings is 3. The van der Waals surface area contributed by atoms with E-state index in [-0.39, 0.29) is 49.5 Å². The van der Waals surface area contributed by atoms with E-state index in [2.05, 4.69) is 22.1 Å². The van der Waals surface area contributed by atoms with Crippen molar-refractivity contribution in [1.82, 2.24) is 14.8 Å². The lowest BCUT2D eigenvalue weighted by molar-refractivity contribution is -0.116. The lowest BCUT2D eigenvalue weighted by atomic mass is 9.88. The van der Waals surface area contributed by atoms with E-state index < -0.39 is 58.9 Å². The fourth-order valence-electron chi connectivity index (χ4n) is 5.52. The summed E-state index contributed by atoms with van der Waals surface area (Å²) in [6.07, 6.45) is 0.396. The predicted octanol–water partition coefficient (Wildman–Crippen LogP) is 7.41. The standard InChI is InChI=1S/C39H36F4N4O5/c1-39(2,3)52-37(49)46-15-16-47(38(50)51-24-25-7-5-4-6-8-25)31(23-46)13-14-32-34(43)21-44-22-35(32)45-36(48)20-33(26-9-11-28(40)12-10-26)27-17-29(41)19-30(42)18-27/h4-12,17-19,21-22,31,33H,15-16,20,23-24H2,1-3H3,(H,45,48). The number of hydrogen-bond acceptors (Lipinski definition) is 6. The number of anilines is 1. The van der Waals surface area contributed by atoms with Crippen molar-refractivity contribution in [3.05, 3.63) is 131 Å². The number of ether oxygens (including phenoxy) is 2. The molecule has 13 heteroatoms. The average molecular weight is 717 g/mol. The van der Waals surface area contributed by atoms with Crippen molar-refractivity contribution in [1.29, 1.82) is 0 Å². The number of pyridine rings is 1. The number of nitrogens with zero attached hydrogens (tertiary/aromatic N) is 3. The Balaban J connectivity index is 1.40. The molecule has 3 amide bonds. The van der Waals surface area contributed by atoms with Crippen molar-refractivity contribution in [2.75, 3.05) is 25.0 Å². The summed E-state index contributed by atoms with van der Waals surface area (Å²) in [5, 5.41) is 2.58. The lowest BCUT2D eigenvalue weighted by Gasteiger charge is -2.38. The van der Waals surface area contributed by atoms with Crippen LogP contribution in [0.5, 0.6) is 0 Å². The number of nitrogens with one attached hydrogen (secondary N) is 1. The molecule has 0 bridgehead atoms. The SMILES string of the molecule is CC(C)(C)OC(=O)N1CCN(C(=O)OCc2ccccc2)C(C#Cc2c(F)cncc2NC(=O)CC(c2ccc(F)cc2)c2cc(F)cc(F)c2)C1. The predicted molar refractivity (Wildman–Crippen MR) is 184 cm³/mol. The minimum Gasteiger partial charge on any atom is -0.445 e. The second-order valence-corrected chi connectivity index (χ2v) is 13.0. The smallest absolute Gasteiger partial charge is 0.411 e. The van der Waals surface area contributed by atoms with Crippen molar-refractivity contribution in [3.8, 4) is 11.8 Å². The highest BCUT2D eigenvalue weighted by Crippen LogP contribution is 2.30. The summed E-state index contributed by atoms with van der Waals surface area (Å²) >= 11 is 0. The summed E-state index contributed by atoms with van der Waals surface area (Å²) in [7, 11) is 0. The molecular weight excluding hydrogens is 680 g/mol. The monoisotopic (exact) mass is 716 g/mol. The third-order valence-electron chi connectivity index (χ3n) is 7.96. The van der Waals surface area contributed by atoms with Gasteiger partial charge in [0.1, 0.15) is 35.7 Å². The molecule has 0 saturated carbocycles. The number of piperazine rings is 1. The number of hydrogen-bond donors (Lipinski definition) is 1. The summed E-state index contributed by atoms with van der Waals surface area (Å²) in [5.74, 6) is 0.844. The average Bonchev–Trinajstić information content (AvgIpc) is 3.09. The quantitative estimate of drug-likeness (QED) is 0.158. The molecule has 1 saturated heterocycles. The van der Waals surface area contributed by atoms with Gasteiger partial charge in [-0.1, -0.05) is 54.3 Å². The number of carbonyl (C=O) groups excluding carboxylic acids is 3. The van der Waals surface area contributed by atoms with Crippen LogP contribution in [0.1, 0.15) is 55.4 Å². The maximum absolute atomic E-state index is 15.3. The third-order valence-corrected chi connectivity index (χ3v) is 7.96. The number of halogens is 4. The number of carbonyl (C=O) groups is 3. The Kier molecular flexibility index (Phi) is 11.8. The van der Waals surface area contributed by atoms with Crippen LogP contribution < -0.4 is 5.32 Å². The topological polar surface area (TPSA) is 101 Å². The van der Waals surface area contributed by atoms with Crippen molar-refractivity contribution in [2.45, 2.75) is 51.4 Å². The molecule has 52 heavy (non-hydrogen) atoms. The normalized spacial score (nSPS) is 14.9. The first kappa shape index (κ1) is 37.4. The van der Waals surface area contributed by atoms with E-state index in [9.17, 15) is 27.6 Å². The Morgan fingerprint density at radius 1 is 0.885 bits per heavy atom. The highest BCUT2D eigenvalue weighted by molar-refractivity contribution is 5.93. The Labute approximate surface area is 298 Å². The summed E-state index contributed by atoms with van der Waals surface area (Å²) in [5.41, 5.74) is 0.141. The van der Waals surface area contributed by atoms with Crippen molar-refractivity contribution in [3.63, 3.8) is 0 Å². The van der Waals surface area contributed by atoms with Crippen LogP contribution in [-0.4, -0.2) is 64.2 Å². The van der Waals surface area contributed by atoms with Crippen molar-refractivity contribution >= 4 is 23.8 Å². The fraction of sp³-hybridized carbons (Fsp3) is 0.282. The molecule has 2 heterocycles. The summed E-state index contributed by atoms with van der Waals surface area (Å²) in [4.78, 5) is 46.2. The van der Waals surface area contributed by atoms with Gasteiger partial charge in [-0.15, -0.1) is 0 Å². The van der Waals surface area contributed by atoms with E-state index in [4.69, 9.17) is 9.47 Å². The number of amides is 3. The van der Waals surface area contributed by atoms with Crippen LogP contribution in [0.2, 0.25) is 0 Å². The van der Waals surface area contributed by atoms with E-state index >= 15 is 4.39 Å². The molecule has 2 unspecified atom stereocenters. The molecule has 1 aromatic heterocycles. The van der Waals surface area contributed by atoms with Gasteiger partial charge >= 0.3 is 12.2 Å². The Morgan fingerprint density at radius 3 is 2.25 bits per heavy atom. The van der Waals surface area contributed by atoms with E-state index in [1.165, 1.54) is 28.1 Å². The number of aromatic nitrogens is 1. The lowest BCUT2D eigenvalue weighted by Crippen LogP contribution is -2.56. The van der Waals surface area contributed by atoms with E-state index in [0.29, 0.717) is 11.6 Å². The first-order chi connectivity index (χ1) is 24.8. The van der Waals surface area contributed by atoms with Crippen LogP contribution in [0.15, 0.2) is 85.2 Å². The Bertz CT molecular complexity index is 1960. The molecule has 1 aliphatic heterocycles. The molecule has 1 fully saturated rings. The zero-order chi connectivity index (χ0) is 37.4. The van der Waals surface area contributed by atoms with Gasteiger partial charge in [0.05, 0.1) is 30.2 Å². The molecule has 270 valence electrons. The molecule has 5 rings (SSSR count).